The summed E-state index contributed by atoms with van der Waals surface area (Å²) in [4.78, 5) is 21.2. The minimum Gasteiger partial charge on any atom is -0.489 e. The molecule has 10 nitrogen and oxygen atoms in total. The van der Waals surface area contributed by atoms with E-state index in [0.717, 1.165) is 96.4 Å². The first-order chi connectivity index (χ1) is 20.0. The number of fused-ring (bicyclic) bond motifs is 1. The quantitative estimate of drug-likeness (QED) is 0.245. The minimum absolute atomic E-state index is 0.0899. The highest BCUT2D eigenvalue weighted by atomic mass is 32.1. The molecule has 6 rings (SSSR count). The van der Waals surface area contributed by atoms with Crippen molar-refractivity contribution in [3.05, 3.63) is 48.4 Å². The fraction of sp³-hybridized carbons (Fsp3) is 0.467. The van der Waals surface area contributed by atoms with Gasteiger partial charge in [-0.3, -0.25) is 9.88 Å². The summed E-state index contributed by atoms with van der Waals surface area (Å²) in [5.74, 6) is 2.08. The highest BCUT2D eigenvalue weighted by Gasteiger charge is 2.21. The number of morpholine rings is 1. The van der Waals surface area contributed by atoms with Gasteiger partial charge in [-0.15, -0.1) is 0 Å². The van der Waals surface area contributed by atoms with Crippen molar-refractivity contribution in [2.75, 3.05) is 36.9 Å². The van der Waals surface area contributed by atoms with Crippen molar-refractivity contribution in [1.29, 1.82) is 0 Å². The molecular weight excluding hydrogens is 538 g/mol. The molecule has 0 atom stereocenters. The number of nitrogens with one attached hydrogen (secondary N) is 2. The lowest BCUT2D eigenvalue weighted by atomic mass is 9.93. The van der Waals surface area contributed by atoms with E-state index >= 15 is 0 Å². The van der Waals surface area contributed by atoms with Crippen LogP contribution in [0.15, 0.2) is 42.7 Å². The first kappa shape index (κ1) is 27.8. The van der Waals surface area contributed by atoms with Crippen LogP contribution in [0.5, 0.6) is 5.75 Å². The van der Waals surface area contributed by atoms with E-state index in [1.807, 2.05) is 38.2 Å². The average Bonchev–Trinajstić information content (AvgIpc) is 3.36. The Morgan fingerprint density at radius 3 is 2.66 bits per heavy atom. The molecule has 0 bridgehead atoms. The number of ether oxygens (including phenoxy) is 2. The maximum Gasteiger partial charge on any atom is 0.225 e. The highest BCUT2D eigenvalue weighted by Crippen LogP contribution is 2.33. The highest BCUT2D eigenvalue weighted by molar-refractivity contribution is 7.22. The van der Waals surface area contributed by atoms with E-state index in [2.05, 4.69) is 32.7 Å². The van der Waals surface area contributed by atoms with Gasteiger partial charge in [0.25, 0.3) is 0 Å². The van der Waals surface area contributed by atoms with Crippen molar-refractivity contribution >= 4 is 38.5 Å². The average molecular weight is 576 g/mol. The van der Waals surface area contributed by atoms with Crippen molar-refractivity contribution in [3.63, 3.8) is 0 Å². The number of benzene rings is 1. The zero-order valence-electron chi connectivity index (χ0n) is 23.5. The van der Waals surface area contributed by atoms with E-state index in [4.69, 9.17) is 24.4 Å². The second-order valence-corrected chi connectivity index (χ2v) is 12.0. The van der Waals surface area contributed by atoms with Crippen molar-refractivity contribution in [1.82, 2.24) is 24.8 Å². The lowest BCUT2D eigenvalue weighted by Gasteiger charge is -2.27. The lowest BCUT2D eigenvalue weighted by Crippen LogP contribution is -2.36. The topological polar surface area (TPSA) is 118 Å². The zero-order chi connectivity index (χ0) is 28.2. The Labute approximate surface area is 244 Å². The van der Waals surface area contributed by atoms with Gasteiger partial charge in [0.05, 0.1) is 47.5 Å². The molecule has 1 aliphatic heterocycles. The molecule has 4 aromatic rings. The standard InChI is InChI=1S/C30H37N7O3S/c1-19(2)40-25-13-21(16-31-17-25)20-3-8-26-27(14-20)41-30(34-26)36-28-15-23(18-37-9-11-39-12-10-37)33-29(35-28)32-22-4-6-24(38)7-5-22/h3,8,13-17,19,22,24,38H,4-7,9-12,18H2,1-2H3,(H2,32,33,34,35,36). The Bertz CT molecular complexity index is 1470. The first-order valence-electron chi connectivity index (χ1n) is 14.4. The van der Waals surface area contributed by atoms with Gasteiger partial charge in [-0.2, -0.15) is 4.98 Å². The predicted octanol–water partition coefficient (Wildman–Crippen LogP) is 5.23. The van der Waals surface area contributed by atoms with Gasteiger partial charge in [0.15, 0.2) is 5.13 Å². The van der Waals surface area contributed by atoms with Crippen LogP contribution in [0, 0.1) is 0 Å². The molecule has 3 aromatic heterocycles. The smallest absolute Gasteiger partial charge is 0.225 e. The second-order valence-electron chi connectivity index (χ2n) is 11.0. The molecule has 1 aromatic carbocycles. The molecule has 0 spiro atoms. The molecule has 3 N–H and O–H groups in total. The summed E-state index contributed by atoms with van der Waals surface area (Å²) >= 11 is 1.59. The van der Waals surface area contributed by atoms with Crippen LogP contribution in [0.1, 0.15) is 45.2 Å². The lowest BCUT2D eigenvalue weighted by molar-refractivity contribution is 0.0336. The summed E-state index contributed by atoms with van der Waals surface area (Å²) in [7, 11) is 0. The number of hydrogen-bond acceptors (Lipinski definition) is 11. The van der Waals surface area contributed by atoms with Crippen molar-refractivity contribution in [3.8, 4) is 16.9 Å². The molecule has 0 amide bonds. The molecule has 2 aliphatic rings. The van der Waals surface area contributed by atoms with Crippen molar-refractivity contribution < 1.29 is 14.6 Å². The van der Waals surface area contributed by atoms with Crippen LogP contribution in [-0.4, -0.2) is 74.5 Å². The van der Waals surface area contributed by atoms with Gasteiger partial charge in [-0.25, -0.2) is 9.97 Å². The van der Waals surface area contributed by atoms with E-state index < -0.39 is 0 Å². The van der Waals surface area contributed by atoms with Crippen LogP contribution in [0.2, 0.25) is 0 Å². The number of thiazole rings is 1. The summed E-state index contributed by atoms with van der Waals surface area (Å²) < 4.78 is 12.4. The van der Waals surface area contributed by atoms with Crippen LogP contribution in [-0.2, 0) is 11.3 Å². The third-order valence-electron chi connectivity index (χ3n) is 7.34. The molecule has 4 heterocycles. The van der Waals surface area contributed by atoms with Gasteiger partial charge in [-0.05, 0) is 63.3 Å². The van der Waals surface area contributed by atoms with E-state index in [0.29, 0.717) is 11.8 Å². The molecule has 0 unspecified atom stereocenters. The summed E-state index contributed by atoms with van der Waals surface area (Å²) in [6.07, 6.45) is 6.90. The van der Waals surface area contributed by atoms with Gasteiger partial charge >= 0.3 is 0 Å². The van der Waals surface area contributed by atoms with Crippen LogP contribution >= 0.6 is 11.3 Å². The Morgan fingerprint density at radius 2 is 1.85 bits per heavy atom. The molecule has 41 heavy (non-hydrogen) atoms. The van der Waals surface area contributed by atoms with E-state index in [-0.39, 0.29) is 18.2 Å². The summed E-state index contributed by atoms with van der Waals surface area (Å²) in [6.45, 7) is 8.00. The molecular formula is C30H37N7O3S. The summed E-state index contributed by atoms with van der Waals surface area (Å²) in [5.41, 5.74) is 3.93. The molecule has 11 heteroatoms. The Morgan fingerprint density at radius 1 is 1.02 bits per heavy atom. The number of nitrogens with zero attached hydrogens (tertiary/aromatic N) is 5. The molecule has 216 valence electrons. The molecule has 1 saturated heterocycles. The SMILES string of the molecule is CC(C)Oc1cncc(-c2ccc3nc(Nc4cc(CN5CCOCC5)nc(NC5CCC(O)CC5)n4)sc3c2)c1. The number of aromatic nitrogens is 4. The fourth-order valence-electron chi connectivity index (χ4n) is 5.28. The zero-order valence-corrected chi connectivity index (χ0v) is 24.4. The third-order valence-corrected chi connectivity index (χ3v) is 8.27. The number of pyridine rings is 1. The molecule has 1 aliphatic carbocycles. The number of anilines is 3. The predicted molar refractivity (Wildman–Crippen MR) is 162 cm³/mol. The maximum atomic E-state index is 9.91. The van der Waals surface area contributed by atoms with E-state index in [1.54, 1.807) is 17.5 Å². The van der Waals surface area contributed by atoms with Crippen molar-refractivity contribution in [2.24, 2.45) is 0 Å². The molecule has 0 radical (unpaired) electrons. The molecule has 1 saturated carbocycles. The van der Waals surface area contributed by atoms with Gasteiger partial charge in [0.1, 0.15) is 11.6 Å². The Hall–Kier alpha value is -3.38. The minimum atomic E-state index is -0.202. The summed E-state index contributed by atoms with van der Waals surface area (Å²) in [5, 5.41) is 17.7. The monoisotopic (exact) mass is 575 g/mol. The third kappa shape index (κ3) is 7.28. The molecule has 2 fully saturated rings. The number of hydrogen-bond donors (Lipinski definition) is 3. The van der Waals surface area contributed by atoms with Crippen molar-refractivity contribution in [2.45, 2.75) is 64.3 Å². The fourth-order valence-corrected chi connectivity index (χ4v) is 6.19. The van der Waals surface area contributed by atoms with Gasteiger partial charge in [-0.1, -0.05) is 17.4 Å². The number of rotatable bonds is 9. The van der Waals surface area contributed by atoms with Gasteiger partial charge in [0, 0.05) is 43.5 Å². The largest absolute Gasteiger partial charge is 0.489 e. The van der Waals surface area contributed by atoms with Gasteiger partial charge < -0.3 is 25.2 Å². The number of aliphatic hydroxyl groups is 1. The Balaban J connectivity index is 1.23. The maximum absolute atomic E-state index is 9.91. The Kier molecular flexibility index (Phi) is 8.56. The number of aliphatic hydroxyl groups excluding tert-OH is 1. The second kappa shape index (κ2) is 12.6. The van der Waals surface area contributed by atoms with Crippen LogP contribution in [0.3, 0.4) is 0 Å². The van der Waals surface area contributed by atoms with E-state index in [9.17, 15) is 5.11 Å². The van der Waals surface area contributed by atoms with Crippen LogP contribution in [0.25, 0.3) is 21.3 Å². The summed E-state index contributed by atoms with van der Waals surface area (Å²) in [6, 6.07) is 10.5. The van der Waals surface area contributed by atoms with E-state index in [1.165, 1.54) is 0 Å². The van der Waals surface area contributed by atoms with Gasteiger partial charge in [0.2, 0.25) is 5.95 Å². The normalized spacial score (nSPS) is 19.9. The van der Waals surface area contributed by atoms with Crippen LogP contribution in [0.4, 0.5) is 16.9 Å². The van der Waals surface area contributed by atoms with Crippen LogP contribution < -0.4 is 15.4 Å². The first-order valence-corrected chi connectivity index (χ1v) is 15.2.